The van der Waals surface area contributed by atoms with Crippen molar-refractivity contribution < 1.29 is 23.5 Å². The van der Waals surface area contributed by atoms with E-state index in [0.717, 1.165) is 4.90 Å². The number of nitrogens with zero attached hydrogens (tertiary/aromatic N) is 1. The number of para-hydroxylation sites is 3. The summed E-state index contributed by atoms with van der Waals surface area (Å²) in [4.78, 5) is 50.9. The molecule has 0 unspecified atom stereocenters. The number of benzene rings is 2. The lowest BCUT2D eigenvalue weighted by Crippen LogP contribution is -2.36. The number of anilines is 1. The molecule has 0 bridgehead atoms. The molecule has 31 heavy (non-hydrogen) atoms. The lowest BCUT2D eigenvalue weighted by atomic mass is 10.1. The first-order chi connectivity index (χ1) is 15.0. The molecule has 3 aromatic rings. The van der Waals surface area contributed by atoms with Gasteiger partial charge >= 0.3 is 0 Å². The lowest BCUT2D eigenvalue weighted by molar-refractivity contribution is -0.127. The summed E-state index contributed by atoms with van der Waals surface area (Å²) >= 11 is 0.660. The van der Waals surface area contributed by atoms with Crippen LogP contribution in [0.2, 0.25) is 0 Å². The fourth-order valence-electron chi connectivity index (χ4n) is 3.05. The van der Waals surface area contributed by atoms with Crippen LogP contribution in [0.4, 0.5) is 10.5 Å². The summed E-state index contributed by atoms with van der Waals surface area (Å²) in [6.07, 6.45) is 2.55. The highest BCUT2D eigenvalue weighted by molar-refractivity contribution is 8.18. The Hall–Kier alpha value is -3.85. The molecule has 9 heteroatoms. The summed E-state index contributed by atoms with van der Waals surface area (Å²) in [6.45, 7) is -0.466. The molecule has 3 amide bonds. The summed E-state index contributed by atoms with van der Waals surface area (Å²) in [7, 11) is 1.47. The number of hydrogen-bond donors (Lipinski definition) is 1. The van der Waals surface area contributed by atoms with Crippen LogP contribution in [0.3, 0.4) is 0 Å². The monoisotopic (exact) mass is 436 g/mol. The molecule has 0 saturated carbocycles. The van der Waals surface area contributed by atoms with Crippen molar-refractivity contribution in [1.29, 1.82) is 0 Å². The number of rotatable bonds is 5. The summed E-state index contributed by atoms with van der Waals surface area (Å²) < 4.78 is 10.6. The summed E-state index contributed by atoms with van der Waals surface area (Å²) in [5.74, 6) is -0.760. The molecular formula is C22H16N2O6S. The number of hydrogen-bond acceptors (Lipinski definition) is 7. The van der Waals surface area contributed by atoms with Gasteiger partial charge in [-0.15, -0.1) is 0 Å². The normalized spacial score (nSPS) is 15.0. The van der Waals surface area contributed by atoms with Gasteiger partial charge in [-0.1, -0.05) is 24.3 Å². The average Bonchev–Trinajstić information content (AvgIpc) is 3.03. The number of thioether (sulfide) groups is 1. The van der Waals surface area contributed by atoms with Gasteiger partial charge in [-0.3, -0.25) is 24.1 Å². The number of carbonyl (C=O) groups excluding carboxylic acids is 3. The zero-order valence-electron chi connectivity index (χ0n) is 16.3. The molecule has 0 spiro atoms. The van der Waals surface area contributed by atoms with Crippen molar-refractivity contribution in [2.24, 2.45) is 0 Å². The van der Waals surface area contributed by atoms with Crippen LogP contribution in [0.1, 0.15) is 5.56 Å². The Bertz CT molecular complexity index is 1300. The van der Waals surface area contributed by atoms with Gasteiger partial charge in [0.1, 0.15) is 24.1 Å². The number of ether oxygens (including phenoxy) is 1. The van der Waals surface area contributed by atoms with Crippen LogP contribution < -0.4 is 15.5 Å². The highest BCUT2D eigenvalue weighted by Crippen LogP contribution is 2.32. The number of carbonyl (C=O) groups is 3. The van der Waals surface area contributed by atoms with Gasteiger partial charge in [0.05, 0.1) is 28.7 Å². The van der Waals surface area contributed by atoms with Crippen molar-refractivity contribution in [2.75, 3.05) is 19.0 Å². The molecule has 2 heterocycles. The first kappa shape index (κ1) is 20.4. The van der Waals surface area contributed by atoms with Crippen molar-refractivity contribution in [2.45, 2.75) is 0 Å². The van der Waals surface area contributed by atoms with E-state index < -0.39 is 23.6 Å². The van der Waals surface area contributed by atoms with Crippen LogP contribution >= 0.6 is 11.8 Å². The molecule has 1 fully saturated rings. The maximum Gasteiger partial charge on any atom is 0.294 e. The molecule has 0 atom stereocenters. The molecule has 0 aliphatic carbocycles. The highest BCUT2D eigenvalue weighted by atomic mass is 32.2. The third-order valence-corrected chi connectivity index (χ3v) is 5.46. The predicted molar refractivity (Wildman–Crippen MR) is 117 cm³/mol. The summed E-state index contributed by atoms with van der Waals surface area (Å²) in [6, 6.07) is 13.5. The minimum Gasteiger partial charge on any atom is -0.495 e. The average molecular weight is 436 g/mol. The fraction of sp³-hybridized carbons (Fsp3) is 0.0909. The van der Waals surface area contributed by atoms with Gasteiger partial charge in [0.25, 0.3) is 11.1 Å². The van der Waals surface area contributed by atoms with Crippen molar-refractivity contribution in [3.63, 3.8) is 0 Å². The number of imide groups is 1. The Kier molecular flexibility index (Phi) is 5.59. The number of methoxy groups -OCH3 is 1. The molecule has 8 nitrogen and oxygen atoms in total. The van der Waals surface area contributed by atoms with Crippen molar-refractivity contribution in [3.8, 4) is 5.75 Å². The van der Waals surface area contributed by atoms with E-state index in [1.807, 2.05) is 0 Å². The summed E-state index contributed by atoms with van der Waals surface area (Å²) in [5.41, 5.74) is 0.669. The van der Waals surface area contributed by atoms with Crippen molar-refractivity contribution >= 4 is 51.5 Å². The topological polar surface area (TPSA) is 106 Å². The van der Waals surface area contributed by atoms with Gasteiger partial charge in [0.15, 0.2) is 5.43 Å². The predicted octanol–water partition coefficient (Wildman–Crippen LogP) is 3.48. The van der Waals surface area contributed by atoms with E-state index in [-0.39, 0.29) is 15.9 Å². The molecular weight excluding hydrogens is 420 g/mol. The van der Waals surface area contributed by atoms with Gasteiger partial charge in [-0.2, -0.15) is 0 Å². The molecule has 1 N–H and O–H groups in total. The van der Waals surface area contributed by atoms with E-state index in [1.165, 1.54) is 19.4 Å². The van der Waals surface area contributed by atoms with Gasteiger partial charge in [-0.05, 0) is 42.1 Å². The second-order valence-electron chi connectivity index (χ2n) is 6.53. The van der Waals surface area contributed by atoms with Crippen LogP contribution in [0.15, 0.2) is 68.9 Å². The third-order valence-electron chi connectivity index (χ3n) is 4.55. The quantitative estimate of drug-likeness (QED) is 0.611. The largest absolute Gasteiger partial charge is 0.495 e. The molecule has 1 aliphatic heterocycles. The van der Waals surface area contributed by atoms with E-state index in [9.17, 15) is 19.2 Å². The maximum atomic E-state index is 12.7. The third kappa shape index (κ3) is 4.08. The van der Waals surface area contributed by atoms with Crippen LogP contribution in [0, 0.1) is 0 Å². The Balaban J connectivity index is 1.53. The SMILES string of the molecule is COc1ccccc1NC(=O)CN1C(=O)S/C(=C\c2coc3ccccc3c2=O)C1=O. The Morgan fingerprint density at radius 1 is 1.13 bits per heavy atom. The molecule has 4 rings (SSSR count). The summed E-state index contributed by atoms with van der Waals surface area (Å²) in [5, 5.41) is 2.39. The smallest absolute Gasteiger partial charge is 0.294 e. The van der Waals surface area contributed by atoms with Crippen molar-refractivity contribution in [3.05, 3.63) is 75.5 Å². The van der Waals surface area contributed by atoms with Gasteiger partial charge in [-0.25, -0.2) is 0 Å². The highest BCUT2D eigenvalue weighted by Gasteiger charge is 2.36. The maximum absolute atomic E-state index is 12.7. The second kappa shape index (κ2) is 8.49. The van der Waals surface area contributed by atoms with Gasteiger partial charge in [0, 0.05) is 0 Å². The van der Waals surface area contributed by atoms with E-state index in [4.69, 9.17) is 9.15 Å². The Morgan fingerprint density at radius 3 is 2.68 bits per heavy atom. The molecule has 2 aromatic carbocycles. The van der Waals surface area contributed by atoms with Crippen LogP contribution in [0.5, 0.6) is 5.75 Å². The van der Waals surface area contributed by atoms with Gasteiger partial charge < -0.3 is 14.5 Å². The van der Waals surface area contributed by atoms with E-state index in [2.05, 4.69) is 5.32 Å². The minimum atomic E-state index is -0.655. The zero-order chi connectivity index (χ0) is 22.0. The fourth-order valence-corrected chi connectivity index (χ4v) is 3.88. The number of amides is 3. The van der Waals surface area contributed by atoms with Crippen LogP contribution in [-0.4, -0.2) is 35.6 Å². The molecule has 0 radical (unpaired) electrons. The molecule has 1 saturated heterocycles. The van der Waals surface area contributed by atoms with E-state index in [1.54, 1.807) is 48.5 Å². The molecule has 1 aliphatic rings. The second-order valence-corrected chi connectivity index (χ2v) is 7.53. The Morgan fingerprint density at radius 2 is 1.87 bits per heavy atom. The minimum absolute atomic E-state index is 0.0395. The van der Waals surface area contributed by atoms with E-state index in [0.29, 0.717) is 34.2 Å². The van der Waals surface area contributed by atoms with E-state index >= 15 is 0 Å². The first-order valence-electron chi connectivity index (χ1n) is 9.16. The van der Waals surface area contributed by atoms with Crippen LogP contribution in [0.25, 0.3) is 17.0 Å². The first-order valence-corrected chi connectivity index (χ1v) is 9.98. The lowest BCUT2D eigenvalue weighted by Gasteiger charge is -2.14. The standard InChI is InChI=1S/C22H16N2O6S/c1-29-17-9-5-3-7-15(17)23-19(25)11-24-21(27)18(31-22(24)28)10-13-12-30-16-8-4-2-6-14(16)20(13)26/h2-10,12H,11H2,1H3,(H,23,25)/b18-10-. The van der Waals surface area contributed by atoms with Gasteiger partial charge in [0.2, 0.25) is 5.91 Å². The molecule has 1 aromatic heterocycles. The number of fused-ring (bicyclic) bond motifs is 1. The van der Waals surface area contributed by atoms with Crippen LogP contribution in [-0.2, 0) is 9.59 Å². The zero-order valence-corrected chi connectivity index (χ0v) is 17.1. The Labute approximate surface area is 180 Å². The molecule has 156 valence electrons. The van der Waals surface area contributed by atoms with Crippen molar-refractivity contribution in [1.82, 2.24) is 4.90 Å². The number of nitrogens with one attached hydrogen (secondary N) is 1.